The molecule has 11 aromatic rings. The minimum atomic E-state index is -4.98. The van der Waals surface area contributed by atoms with Crippen LogP contribution in [0.4, 0.5) is 28.4 Å². The van der Waals surface area contributed by atoms with Gasteiger partial charge in [-0.25, -0.2) is 23.2 Å². The zero-order valence-electron chi connectivity index (χ0n) is 52.9. The number of ether oxygens (including phenoxy) is 1. The molecule has 518 valence electrons. The van der Waals surface area contributed by atoms with Crippen molar-refractivity contribution in [3.05, 3.63) is 163 Å². The Hall–Kier alpha value is -10.6. The van der Waals surface area contributed by atoms with Gasteiger partial charge in [0, 0.05) is 62.0 Å². The van der Waals surface area contributed by atoms with Gasteiger partial charge in [0.05, 0.1) is 66.3 Å². The summed E-state index contributed by atoms with van der Waals surface area (Å²) in [6.07, 6.45) is 3.07. The van der Waals surface area contributed by atoms with E-state index in [4.69, 9.17) is 58.3 Å². The number of anilines is 1. The molecule has 0 atom stereocenters. The van der Waals surface area contributed by atoms with Crippen molar-refractivity contribution in [1.29, 1.82) is 0 Å². The number of phenols is 2. The van der Waals surface area contributed by atoms with Crippen LogP contribution in [0.2, 0.25) is 0 Å². The molecule has 0 unspecified atom stereocenters. The number of nitrogens with zero attached hydrogens (tertiary/aromatic N) is 12. The number of hydrogen-bond acceptors (Lipinski definition) is 25. The van der Waals surface area contributed by atoms with E-state index in [-0.39, 0.29) is 77.5 Å². The number of aromatic carboxylic acids is 1. The average Bonchev–Trinajstić information content (AvgIpc) is 1.73. The maximum Gasteiger partial charge on any atom is 2.00 e. The second kappa shape index (κ2) is 30.9. The summed E-state index contributed by atoms with van der Waals surface area (Å²) in [5.41, 5.74) is 5.67. The zero-order chi connectivity index (χ0) is 72.8. The van der Waals surface area contributed by atoms with Crippen LogP contribution < -0.4 is 19.4 Å². The molecule has 5 heterocycles. The van der Waals surface area contributed by atoms with Gasteiger partial charge in [0.25, 0.3) is 40.5 Å². The number of aliphatic hydroxyl groups is 1. The summed E-state index contributed by atoms with van der Waals surface area (Å²) in [7, 11) is -19.6. The summed E-state index contributed by atoms with van der Waals surface area (Å²) in [5, 5.41) is 58.9. The molecule has 3 aromatic heterocycles. The van der Waals surface area contributed by atoms with Crippen LogP contribution in [-0.4, -0.2) is 155 Å². The third-order valence-corrected chi connectivity index (χ3v) is 14.8. The summed E-state index contributed by atoms with van der Waals surface area (Å²) in [6.45, 7) is 1.03. The summed E-state index contributed by atoms with van der Waals surface area (Å²) >= 11 is 0. The van der Waals surface area contributed by atoms with E-state index >= 15 is 0 Å². The standard InChI is InChI=1S/C32H16N8.C27H25N5O11S2.3CH4O3S.Zn/c1-2-10-18-17(9-1)25-33-26(18)38-28-21-13-5-6-14-22(21)30(35-28)40-32-24-16-8-7-15-23(24)31(36-32)39-29-20-12-4-3-11-19(20)27(34-29)37-25;1-14-9-21(23(43-8-7-33)13-20(14)29-28-16-4-6-22(34)19(12-16)27(36)37)30-31-25-24(45(40,41)42)11-15-10-17(32-44(2,38)39)3-5-18(15)26(25)35;3*1-5(2,3)4;/h1-16H;3-6,9-13,32-35H,7-8H2,1-2H3,(H,36,37)(H,40,41,42);3*1H3,(H,2,3,4);/q-2;;;;;+2. The molecule has 0 saturated carbocycles. The molecular weight excluding hydrogens is 1470 g/mol. The number of fused-ring (bicyclic) bond motifs is 21. The Kier molecular flexibility index (Phi) is 23.3. The number of azo groups is 2. The van der Waals surface area contributed by atoms with E-state index in [0.717, 1.165) is 68.3 Å². The molecule has 33 nitrogen and oxygen atoms in total. The number of aryl methyl sites for hydroxylation is 1. The summed E-state index contributed by atoms with van der Waals surface area (Å²) < 4.78 is 143. The second-order valence-electron chi connectivity index (χ2n) is 21.3. The molecule has 39 heteroatoms. The minimum absolute atomic E-state index is 0. The van der Waals surface area contributed by atoms with E-state index in [1.54, 1.807) is 6.92 Å². The van der Waals surface area contributed by atoms with Crippen LogP contribution in [0.25, 0.3) is 100 Å². The fraction of sp³-hybridized carbons (Fsp3) is 0.113. The van der Waals surface area contributed by atoms with E-state index in [2.05, 4.69) is 25.2 Å². The first-order chi connectivity index (χ1) is 46.9. The first-order valence-corrected chi connectivity index (χ1v) is 37.1. The Morgan fingerprint density at radius 2 is 0.921 bits per heavy atom. The van der Waals surface area contributed by atoms with E-state index in [1.165, 1.54) is 36.4 Å². The predicted molar refractivity (Wildman–Crippen MR) is 367 cm³/mol. The Morgan fingerprint density at radius 3 is 1.32 bits per heavy atom. The second-order valence-corrected chi connectivity index (χ2v) is 28.8. The monoisotopic (exact) mass is 1520 g/mol. The average molecular weight is 1530 g/mol. The molecule has 2 aliphatic heterocycles. The van der Waals surface area contributed by atoms with Crippen LogP contribution in [0, 0.1) is 6.92 Å². The van der Waals surface area contributed by atoms with E-state index in [1.807, 2.05) is 97.1 Å². The third kappa shape index (κ3) is 20.1. The molecular formula is C62H53N13O20S5Zn. The molecule has 0 spiro atoms. The fourth-order valence-electron chi connectivity index (χ4n) is 9.47. The quantitative estimate of drug-likeness (QED) is 0.0330. The van der Waals surface area contributed by atoms with Crippen LogP contribution in [0.15, 0.2) is 177 Å². The number of benzene rings is 8. The predicted octanol–water partition coefficient (Wildman–Crippen LogP) is 9.71. The SMILES string of the molecule is CS(=O)(=O)O.CS(=O)(=O)O.CS(=O)(=O)O.Cc1cc(N=Nc2c(S(=O)(=O)O)cc3cc(NS(C)(=O)=O)ccc3c2O)c(OCCO)cc1N=Nc1ccc(O)c(C(=O)O)c1.[Zn+2].c1ccc2c(c1)-c1nc-2nc2[n-]c(nc3nc(nc4[n-]c(n1)c1ccccc41)-c1ccccc1-3)c1ccccc21. The number of sulfonamides is 1. The number of carbonyl (C=O) groups is 1. The van der Waals surface area contributed by atoms with Gasteiger partial charge in [-0.2, -0.15) is 43.9 Å². The Morgan fingerprint density at radius 1 is 0.505 bits per heavy atom. The van der Waals surface area contributed by atoms with Crippen molar-refractivity contribution in [2.75, 3.05) is 43.0 Å². The van der Waals surface area contributed by atoms with Gasteiger partial charge in [0.15, 0.2) is 5.75 Å². The number of aromatic hydroxyl groups is 2. The molecule has 8 bridgehead atoms. The molecule has 9 N–H and O–H groups in total. The number of aliphatic hydroxyl groups excluding tert-OH is 1. The smallest absolute Gasteiger partial charge is 0.507 e. The number of rotatable bonds is 11. The van der Waals surface area contributed by atoms with Crippen molar-refractivity contribution >= 4 is 140 Å². The van der Waals surface area contributed by atoms with Crippen molar-refractivity contribution < 1.29 is 110 Å². The molecule has 0 saturated heterocycles. The molecule has 0 amide bonds. The Labute approximate surface area is 586 Å². The van der Waals surface area contributed by atoms with Gasteiger partial charge in [-0.1, -0.05) is 97.1 Å². The van der Waals surface area contributed by atoms with Crippen molar-refractivity contribution in [1.82, 2.24) is 39.9 Å². The van der Waals surface area contributed by atoms with Gasteiger partial charge in [-0.3, -0.25) is 22.9 Å². The van der Waals surface area contributed by atoms with Crippen molar-refractivity contribution in [2.24, 2.45) is 20.5 Å². The number of carboxylic acids is 1. The molecule has 0 aliphatic carbocycles. The van der Waals surface area contributed by atoms with Crippen LogP contribution >= 0.6 is 0 Å². The van der Waals surface area contributed by atoms with Gasteiger partial charge >= 0.3 is 25.4 Å². The van der Waals surface area contributed by atoms with Gasteiger partial charge in [-0.15, -0.1) is 10.2 Å². The number of aromatic nitrogens is 8. The largest absolute Gasteiger partial charge is 2.00 e. The molecule has 0 fully saturated rings. The van der Waals surface area contributed by atoms with Gasteiger partial charge in [0.1, 0.15) is 39.9 Å². The summed E-state index contributed by atoms with van der Waals surface area (Å²) in [6, 6.07) is 43.1. The van der Waals surface area contributed by atoms with Crippen LogP contribution in [-0.2, 0) is 70.0 Å². The van der Waals surface area contributed by atoms with Crippen LogP contribution in [0.3, 0.4) is 0 Å². The normalized spacial score (nSPS) is 11.9. The number of hydrogen-bond donors (Lipinski definition) is 9. The third-order valence-electron chi connectivity index (χ3n) is 13.3. The summed E-state index contributed by atoms with van der Waals surface area (Å²) in [5.74, 6) is -0.271. The van der Waals surface area contributed by atoms with Crippen molar-refractivity contribution in [3.63, 3.8) is 0 Å². The van der Waals surface area contributed by atoms with Crippen molar-refractivity contribution in [3.8, 4) is 62.8 Å². The number of carboxylic acid groups (broad SMARTS) is 1. The van der Waals surface area contributed by atoms with Crippen LogP contribution in [0.5, 0.6) is 17.2 Å². The molecule has 8 aromatic carbocycles. The first-order valence-electron chi connectivity index (χ1n) is 28.3. The maximum absolute atomic E-state index is 12.3. The van der Waals surface area contributed by atoms with Crippen molar-refractivity contribution in [2.45, 2.75) is 11.8 Å². The molecule has 13 rings (SSSR count). The topological polar surface area (TPSA) is 526 Å². The van der Waals surface area contributed by atoms with Gasteiger partial charge in [-0.05, 0) is 87.9 Å². The van der Waals surface area contributed by atoms with Crippen LogP contribution in [0.1, 0.15) is 15.9 Å². The summed E-state index contributed by atoms with van der Waals surface area (Å²) in [4.78, 5) is 49.8. The fourth-order valence-corrected chi connectivity index (χ4v) is 10.7. The Bertz CT molecular complexity index is 5530. The zero-order valence-corrected chi connectivity index (χ0v) is 60.0. The molecule has 101 heavy (non-hydrogen) atoms. The van der Waals surface area contributed by atoms with Gasteiger partial charge < -0.3 is 55.1 Å². The number of phenolic OH excluding ortho intramolecular Hbond substituents is 1. The maximum atomic E-state index is 12.3. The van der Waals surface area contributed by atoms with Gasteiger partial charge in [0.2, 0.25) is 10.0 Å². The minimum Gasteiger partial charge on any atom is -0.507 e. The Balaban J connectivity index is 0.000000212. The molecule has 2 aliphatic rings. The number of nitrogens with one attached hydrogen (secondary N) is 1. The first kappa shape index (κ1) is 76.2. The van der Waals surface area contributed by atoms with E-state index in [0.29, 0.717) is 70.2 Å². The van der Waals surface area contributed by atoms with E-state index in [9.17, 15) is 71.9 Å². The molecule has 0 radical (unpaired) electrons. The van der Waals surface area contributed by atoms with E-state index < -0.39 is 78.5 Å².